The average Bonchev–Trinajstić information content (AvgIpc) is 2.95. The van der Waals surface area contributed by atoms with E-state index in [2.05, 4.69) is 41.3 Å². The van der Waals surface area contributed by atoms with E-state index in [9.17, 15) is 9.59 Å². The summed E-state index contributed by atoms with van der Waals surface area (Å²) >= 11 is 0. The molecule has 1 amide bonds. The molecule has 0 fully saturated rings. The van der Waals surface area contributed by atoms with Gasteiger partial charge in [0.1, 0.15) is 5.75 Å². The zero-order chi connectivity index (χ0) is 27.1. The van der Waals surface area contributed by atoms with Gasteiger partial charge in [0, 0.05) is 37.1 Å². The summed E-state index contributed by atoms with van der Waals surface area (Å²) in [6, 6.07) is 30.8. The fourth-order valence-electron chi connectivity index (χ4n) is 4.09. The molecule has 0 bridgehead atoms. The summed E-state index contributed by atoms with van der Waals surface area (Å²) in [5.74, 6) is -0.624. The summed E-state index contributed by atoms with van der Waals surface area (Å²) < 4.78 is 5.32. The largest absolute Gasteiger partial charge is 0.497 e. The van der Waals surface area contributed by atoms with Gasteiger partial charge in [0.15, 0.2) is 0 Å². The number of rotatable bonds is 9. The Morgan fingerprint density at radius 1 is 0.816 bits per heavy atom. The number of carboxylic acid groups (broad SMARTS) is 1. The third kappa shape index (κ3) is 6.48. The summed E-state index contributed by atoms with van der Waals surface area (Å²) in [6.07, 6.45) is 2.59. The van der Waals surface area contributed by atoms with Gasteiger partial charge >= 0.3 is 5.97 Å². The Kier molecular flexibility index (Phi) is 8.23. The molecule has 0 aliphatic carbocycles. The summed E-state index contributed by atoms with van der Waals surface area (Å²) in [6.45, 7) is 0.335. The van der Waals surface area contributed by atoms with Crippen molar-refractivity contribution in [1.29, 1.82) is 0 Å². The molecule has 0 spiro atoms. The molecular weight excluding hydrogens is 476 g/mol. The maximum atomic E-state index is 13.7. The molecule has 0 saturated carbocycles. The lowest BCUT2D eigenvalue weighted by Crippen LogP contribution is -2.30. The molecule has 0 heterocycles. The van der Waals surface area contributed by atoms with Crippen molar-refractivity contribution in [2.75, 3.05) is 31.0 Å². The number of aliphatic carboxylic acids is 1. The van der Waals surface area contributed by atoms with Crippen LogP contribution < -0.4 is 14.5 Å². The first-order valence-corrected chi connectivity index (χ1v) is 12.2. The topological polar surface area (TPSA) is 70.1 Å². The Labute approximate surface area is 223 Å². The van der Waals surface area contributed by atoms with Gasteiger partial charge in [0.2, 0.25) is 0 Å². The van der Waals surface area contributed by atoms with Gasteiger partial charge in [0.25, 0.3) is 5.91 Å². The minimum atomic E-state index is -1.03. The molecule has 4 rings (SSSR count). The van der Waals surface area contributed by atoms with E-state index in [1.54, 1.807) is 48.4 Å². The Balaban J connectivity index is 1.65. The van der Waals surface area contributed by atoms with Crippen molar-refractivity contribution < 1.29 is 19.4 Å². The van der Waals surface area contributed by atoms with E-state index in [1.807, 2.05) is 38.4 Å². The minimum Gasteiger partial charge on any atom is -0.497 e. The first kappa shape index (κ1) is 26.2. The molecule has 1 N–H and O–H groups in total. The SMILES string of the molecule is COc1cccc(C(=O)N(Cc2ccc(-c3ccc(N(C)C)cc3)cc2)c2cccc(/C=C/C(=O)O)c2)c1. The van der Waals surface area contributed by atoms with Gasteiger partial charge in [-0.15, -0.1) is 0 Å². The number of benzene rings is 4. The van der Waals surface area contributed by atoms with E-state index >= 15 is 0 Å². The maximum Gasteiger partial charge on any atom is 0.328 e. The summed E-state index contributed by atoms with van der Waals surface area (Å²) in [5.41, 5.74) is 6.14. The van der Waals surface area contributed by atoms with E-state index < -0.39 is 5.97 Å². The predicted octanol–water partition coefficient (Wildman–Crippen LogP) is 6.37. The van der Waals surface area contributed by atoms with Crippen molar-refractivity contribution in [1.82, 2.24) is 0 Å². The van der Waals surface area contributed by atoms with Crippen molar-refractivity contribution >= 4 is 29.3 Å². The average molecular weight is 507 g/mol. The summed E-state index contributed by atoms with van der Waals surface area (Å²) in [4.78, 5) is 28.5. The standard InChI is InChI=1S/C32H30N2O4/c1-33(2)28-17-15-26(16-18-28)25-13-10-24(11-14-25)22-34(32(37)27-7-5-9-30(21-27)38-3)29-8-4-6-23(20-29)12-19-31(35)36/h4-21H,22H2,1-3H3,(H,35,36)/b19-12+. The zero-order valence-electron chi connectivity index (χ0n) is 21.7. The van der Waals surface area contributed by atoms with Crippen LogP contribution >= 0.6 is 0 Å². The molecule has 0 aromatic heterocycles. The number of ether oxygens (including phenoxy) is 1. The number of amides is 1. The lowest BCUT2D eigenvalue weighted by atomic mass is 10.0. The highest BCUT2D eigenvalue weighted by molar-refractivity contribution is 6.06. The van der Waals surface area contributed by atoms with E-state index in [0.29, 0.717) is 29.1 Å². The highest BCUT2D eigenvalue weighted by atomic mass is 16.5. The minimum absolute atomic E-state index is 0.188. The zero-order valence-corrected chi connectivity index (χ0v) is 21.7. The molecule has 192 valence electrons. The van der Waals surface area contributed by atoms with Gasteiger partial charge < -0.3 is 19.6 Å². The first-order chi connectivity index (χ1) is 18.3. The maximum absolute atomic E-state index is 13.7. The molecule has 6 nitrogen and oxygen atoms in total. The second-order valence-electron chi connectivity index (χ2n) is 9.03. The van der Waals surface area contributed by atoms with E-state index in [4.69, 9.17) is 9.84 Å². The van der Waals surface area contributed by atoms with E-state index in [0.717, 1.165) is 28.5 Å². The number of carbonyl (C=O) groups is 2. The molecule has 0 atom stereocenters. The molecule has 4 aromatic carbocycles. The van der Waals surface area contributed by atoms with Gasteiger partial charge in [-0.05, 0) is 70.8 Å². The third-order valence-electron chi connectivity index (χ3n) is 6.17. The van der Waals surface area contributed by atoms with Crippen LogP contribution in [0, 0.1) is 0 Å². The molecule has 38 heavy (non-hydrogen) atoms. The van der Waals surface area contributed by atoms with Crippen molar-refractivity contribution in [2.45, 2.75) is 6.54 Å². The van der Waals surface area contributed by atoms with Crippen LogP contribution in [0.15, 0.2) is 103 Å². The van der Waals surface area contributed by atoms with E-state index in [-0.39, 0.29) is 5.91 Å². The highest BCUT2D eigenvalue weighted by Crippen LogP contribution is 2.26. The second-order valence-corrected chi connectivity index (χ2v) is 9.03. The fourth-order valence-corrected chi connectivity index (χ4v) is 4.09. The van der Waals surface area contributed by atoms with Crippen LogP contribution in [0.3, 0.4) is 0 Å². The molecule has 6 heteroatoms. The molecule has 4 aromatic rings. The van der Waals surface area contributed by atoms with Gasteiger partial charge in [-0.3, -0.25) is 4.79 Å². The van der Waals surface area contributed by atoms with Crippen LogP contribution in [-0.2, 0) is 11.3 Å². The highest BCUT2D eigenvalue weighted by Gasteiger charge is 2.19. The summed E-state index contributed by atoms with van der Waals surface area (Å²) in [5, 5.41) is 9.01. The van der Waals surface area contributed by atoms with Gasteiger partial charge in [0.05, 0.1) is 13.7 Å². The molecule has 0 unspecified atom stereocenters. The monoisotopic (exact) mass is 506 g/mol. The Morgan fingerprint density at radius 3 is 2.11 bits per heavy atom. The molecular formula is C32H30N2O4. The lowest BCUT2D eigenvalue weighted by molar-refractivity contribution is -0.131. The van der Waals surface area contributed by atoms with Crippen LogP contribution in [0.2, 0.25) is 0 Å². The third-order valence-corrected chi connectivity index (χ3v) is 6.17. The molecule has 0 aliphatic heterocycles. The van der Waals surface area contributed by atoms with Gasteiger partial charge in [-0.25, -0.2) is 4.79 Å². The number of nitrogens with zero attached hydrogens (tertiary/aromatic N) is 2. The molecule has 0 aliphatic rings. The predicted molar refractivity (Wildman–Crippen MR) is 153 cm³/mol. The van der Waals surface area contributed by atoms with Crippen LogP contribution in [0.5, 0.6) is 5.75 Å². The van der Waals surface area contributed by atoms with Crippen LogP contribution in [0.25, 0.3) is 17.2 Å². The van der Waals surface area contributed by atoms with Gasteiger partial charge in [-0.2, -0.15) is 0 Å². The van der Waals surface area contributed by atoms with Crippen molar-refractivity contribution in [3.63, 3.8) is 0 Å². The number of anilines is 2. The molecule has 0 saturated heterocycles. The number of methoxy groups -OCH3 is 1. The van der Waals surface area contributed by atoms with Gasteiger partial charge in [-0.1, -0.05) is 54.6 Å². The van der Waals surface area contributed by atoms with Crippen molar-refractivity contribution in [3.8, 4) is 16.9 Å². The van der Waals surface area contributed by atoms with Crippen LogP contribution in [-0.4, -0.2) is 38.2 Å². The Hall–Kier alpha value is -4.84. The van der Waals surface area contributed by atoms with Crippen LogP contribution in [0.4, 0.5) is 11.4 Å². The van der Waals surface area contributed by atoms with Crippen molar-refractivity contribution in [2.24, 2.45) is 0 Å². The van der Waals surface area contributed by atoms with Crippen LogP contribution in [0.1, 0.15) is 21.5 Å². The Bertz CT molecular complexity index is 1440. The lowest BCUT2D eigenvalue weighted by Gasteiger charge is -2.24. The first-order valence-electron chi connectivity index (χ1n) is 12.2. The summed E-state index contributed by atoms with van der Waals surface area (Å²) in [7, 11) is 5.59. The second kappa shape index (κ2) is 11.9. The normalized spacial score (nSPS) is 10.8. The quantitative estimate of drug-likeness (QED) is 0.267. The van der Waals surface area contributed by atoms with E-state index in [1.165, 1.54) is 6.08 Å². The molecule has 0 radical (unpaired) electrons. The number of hydrogen-bond acceptors (Lipinski definition) is 4. The smallest absolute Gasteiger partial charge is 0.328 e. The van der Waals surface area contributed by atoms with Crippen molar-refractivity contribution in [3.05, 3.63) is 120 Å². The fraction of sp³-hybridized carbons (Fsp3) is 0.125. The number of carbonyl (C=O) groups excluding carboxylic acids is 1. The number of hydrogen-bond donors (Lipinski definition) is 1. The number of carboxylic acids is 1. The Morgan fingerprint density at radius 2 is 1.47 bits per heavy atom.